The Morgan fingerprint density at radius 3 is 2.81 bits per heavy atom. The van der Waals surface area contributed by atoms with Crippen LogP contribution < -0.4 is 10.6 Å². The van der Waals surface area contributed by atoms with Gasteiger partial charge in [0.05, 0.1) is 12.8 Å². The summed E-state index contributed by atoms with van der Waals surface area (Å²) in [5.41, 5.74) is 2.15. The summed E-state index contributed by atoms with van der Waals surface area (Å²) in [6.07, 6.45) is 3.38. The summed E-state index contributed by atoms with van der Waals surface area (Å²) in [6.45, 7) is 2.63. The van der Waals surface area contributed by atoms with Crippen molar-refractivity contribution >= 4 is 17.5 Å². The third-order valence-electron chi connectivity index (χ3n) is 3.07. The lowest BCUT2D eigenvalue weighted by Gasteiger charge is -2.09. The quantitative estimate of drug-likeness (QED) is 0.745. The summed E-state index contributed by atoms with van der Waals surface area (Å²) in [7, 11) is 0. The van der Waals surface area contributed by atoms with Crippen LogP contribution in [0.1, 0.15) is 11.3 Å². The first kappa shape index (κ1) is 13.2. The third-order valence-corrected chi connectivity index (χ3v) is 3.07. The maximum absolute atomic E-state index is 5.28. The van der Waals surface area contributed by atoms with E-state index < -0.39 is 0 Å². The van der Waals surface area contributed by atoms with E-state index in [2.05, 4.69) is 20.6 Å². The number of aromatic nitrogens is 2. The van der Waals surface area contributed by atoms with E-state index in [4.69, 9.17) is 4.42 Å². The zero-order chi connectivity index (χ0) is 14.5. The lowest BCUT2D eigenvalue weighted by molar-refractivity contribution is 0.518. The molecule has 0 saturated carbocycles. The van der Waals surface area contributed by atoms with Crippen molar-refractivity contribution in [3.8, 4) is 0 Å². The molecule has 0 aliphatic rings. The van der Waals surface area contributed by atoms with Crippen molar-refractivity contribution in [2.45, 2.75) is 13.5 Å². The van der Waals surface area contributed by atoms with Gasteiger partial charge in [0.1, 0.15) is 11.6 Å². The van der Waals surface area contributed by atoms with Gasteiger partial charge < -0.3 is 15.1 Å². The Morgan fingerprint density at radius 2 is 2.00 bits per heavy atom. The fourth-order valence-corrected chi connectivity index (χ4v) is 1.94. The second-order valence-corrected chi connectivity index (χ2v) is 4.64. The molecule has 0 amide bonds. The zero-order valence-corrected chi connectivity index (χ0v) is 11.7. The molecule has 21 heavy (non-hydrogen) atoms. The zero-order valence-electron chi connectivity index (χ0n) is 11.7. The van der Waals surface area contributed by atoms with Crippen LogP contribution in [-0.4, -0.2) is 9.97 Å². The van der Waals surface area contributed by atoms with Crippen molar-refractivity contribution in [3.63, 3.8) is 0 Å². The Morgan fingerprint density at radius 1 is 1.10 bits per heavy atom. The maximum Gasteiger partial charge on any atom is 0.229 e. The highest BCUT2D eigenvalue weighted by molar-refractivity contribution is 5.58. The van der Waals surface area contributed by atoms with E-state index in [-0.39, 0.29) is 0 Å². The Bertz CT molecular complexity index is 710. The first-order valence-corrected chi connectivity index (χ1v) is 6.73. The average Bonchev–Trinajstić information content (AvgIpc) is 3.01. The molecular formula is C16H16N4O. The molecule has 2 aromatic heterocycles. The highest BCUT2D eigenvalue weighted by atomic mass is 16.3. The normalized spacial score (nSPS) is 10.3. The lowest BCUT2D eigenvalue weighted by atomic mass is 10.2. The van der Waals surface area contributed by atoms with Gasteiger partial charge in [0, 0.05) is 11.9 Å². The van der Waals surface area contributed by atoms with Gasteiger partial charge in [0.15, 0.2) is 0 Å². The molecular weight excluding hydrogens is 264 g/mol. The molecule has 106 valence electrons. The van der Waals surface area contributed by atoms with Crippen LogP contribution in [0.4, 0.5) is 17.5 Å². The molecule has 0 spiro atoms. The predicted molar refractivity (Wildman–Crippen MR) is 82.5 cm³/mol. The monoisotopic (exact) mass is 280 g/mol. The van der Waals surface area contributed by atoms with Crippen molar-refractivity contribution < 1.29 is 4.42 Å². The van der Waals surface area contributed by atoms with Crippen molar-refractivity contribution in [2.24, 2.45) is 0 Å². The molecule has 0 atom stereocenters. The molecule has 5 heteroatoms. The van der Waals surface area contributed by atoms with E-state index in [9.17, 15) is 0 Å². The van der Waals surface area contributed by atoms with Gasteiger partial charge in [-0.1, -0.05) is 18.2 Å². The first-order valence-electron chi connectivity index (χ1n) is 6.73. The summed E-state index contributed by atoms with van der Waals surface area (Å²) in [6, 6.07) is 13.6. The highest BCUT2D eigenvalue weighted by Crippen LogP contribution is 2.18. The van der Waals surface area contributed by atoms with Gasteiger partial charge >= 0.3 is 0 Å². The van der Waals surface area contributed by atoms with Gasteiger partial charge in [-0.25, -0.2) is 4.98 Å². The van der Waals surface area contributed by atoms with Crippen LogP contribution in [0.5, 0.6) is 0 Å². The van der Waals surface area contributed by atoms with Crippen molar-refractivity contribution in [3.05, 3.63) is 66.2 Å². The molecule has 0 aliphatic carbocycles. The number of benzene rings is 1. The predicted octanol–water partition coefficient (Wildman–Crippen LogP) is 3.73. The third kappa shape index (κ3) is 3.39. The minimum Gasteiger partial charge on any atom is -0.467 e. The molecule has 0 fully saturated rings. The number of para-hydroxylation sites is 1. The SMILES string of the molecule is Cc1ccccc1Nc1nccc(NCc2ccco2)n1. The Hall–Kier alpha value is -2.82. The van der Waals surface area contributed by atoms with Crippen LogP contribution in [0.2, 0.25) is 0 Å². The number of nitrogens with one attached hydrogen (secondary N) is 2. The van der Waals surface area contributed by atoms with Crippen molar-refractivity contribution in [1.82, 2.24) is 9.97 Å². The summed E-state index contributed by atoms with van der Waals surface area (Å²) >= 11 is 0. The Labute approximate surface area is 123 Å². The molecule has 2 N–H and O–H groups in total. The molecule has 5 nitrogen and oxygen atoms in total. The van der Waals surface area contributed by atoms with Crippen molar-refractivity contribution in [2.75, 3.05) is 10.6 Å². The lowest BCUT2D eigenvalue weighted by Crippen LogP contribution is -2.04. The van der Waals surface area contributed by atoms with Gasteiger partial charge in [-0.05, 0) is 36.8 Å². The van der Waals surface area contributed by atoms with E-state index in [0.717, 1.165) is 22.8 Å². The van der Waals surface area contributed by atoms with Gasteiger partial charge in [-0.2, -0.15) is 4.98 Å². The molecule has 0 aliphatic heterocycles. The molecule has 0 unspecified atom stereocenters. The van der Waals surface area contributed by atoms with E-state index >= 15 is 0 Å². The summed E-state index contributed by atoms with van der Waals surface area (Å²) in [5.74, 6) is 2.17. The minimum absolute atomic E-state index is 0.564. The smallest absolute Gasteiger partial charge is 0.229 e. The molecule has 0 saturated heterocycles. The molecule has 1 aromatic carbocycles. The van der Waals surface area contributed by atoms with E-state index in [1.165, 1.54) is 0 Å². The number of nitrogens with zero attached hydrogens (tertiary/aromatic N) is 2. The number of hydrogen-bond donors (Lipinski definition) is 2. The van der Waals surface area contributed by atoms with Crippen molar-refractivity contribution in [1.29, 1.82) is 0 Å². The molecule has 3 rings (SSSR count). The van der Waals surface area contributed by atoms with Crippen LogP contribution in [0, 0.1) is 6.92 Å². The Balaban J connectivity index is 1.70. The number of hydrogen-bond acceptors (Lipinski definition) is 5. The maximum atomic E-state index is 5.28. The molecule has 0 radical (unpaired) electrons. The van der Waals surface area contributed by atoms with Gasteiger partial charge in [-0.3, -0.25) is 0 Å². The van der Waals surface area contributed by atoms with Gasteiger partial charge in [0.25, 0.3) is 0 Å². The van der Waals surface area contributed by atoms with Crippen LogP contribution in [0.3, 0.4) is 0 Å². The Kier molecular flexibility index (Phi) is 3.82. The number of anilines is 3. The summed E-state index contributed by atoms with van der Waals surface area (Å²) in [4.78, 5) is 8.67. The van der Waals surface area contributed by atoms with Crippen LogP contribution in [0.15, 0.2) is 59.3 Å². The highest BCUT2D eigenvalue weighted by Gasteiger charge is 2.02. The van der Waals surface area contributed by atoms with Crippen LogP contribution >= 0.6 is 0 Å². The van der Waals surface area contributed by atoms with E-state index in [1.807, 2.05) is 49.4 Å². The second kappa shape index (κ2) is 6.09. The molecule has 0 bridgehead atoms. The molecule has 3 aromatic rings. The largest absolute Gasteiger partial charge is 0.467 e. The standard InChI is InChI=1S/C16H16N4O/c1-12-5-2-3-7-14(12)19-16-17-9-8-15(20-16)18-11-13-6-4-10-21-13/h2-10H,11H2,1H3,(H2,17,18,19,20). The minimum atomic E-state index is 0.564. The fourth-order valence-electron chi connectivity index (χ4n) is 1.94. The number of aryl methyl sites for hydroxylation is 1. The first-order chi connectivity index (χ1) is 10.3. The van der Waals surface area contributed by atoms with Gasteiger partial charge in [-0.15, -0.1) is 0 Å². The number of rotatable bonds is 5. The van der Waals surface area contributed by atoms with Crippen LogP contribution in [-0.2, 0) is 6.54 Å². The summed E-state index contributed by atoms with van der Waals surface area (Å²) in [5, 5.41) is 6.42. The molecule has 2 heterocycles. The number of furan rings is 1. The van der Waals surface area contributed by atoms with Crippen LogP contribution in [0.25, 0.3) is 0 Å². The average molecular weight is 280 g/mol. The second-order valence-electron chi connectivity index (χ2n) is 4.64. The topological polar surface area (TPSA) is 63.0 Å². The summed E-state index contributed by atoms with van der Waals surface area (Å²) < 4.78 is 5.28. The fraction of sp³-hybridized carbons (Fsp3) is 0.125. The van der Waals surface area contributed by atoms with E-state index in [0.29, 0.717) is 12.5 Å². The van der Waals surface area contributed by atoms with E-state index in [1.54, 1.807) is 12.5 Å². The van der Waals surface area contributed by atoms with Gasteiger partial charge in [0.2, 0.25) is 5.95 Å².